The van der Waals surface area contributed by atoms with Gasteiger partial charge < -0.3 is 5.11 Å². The Morgan fingerprint density at radius 3 is 2.62 bits per heavy atom. The van der Waals surface area contributed by atoms with E-state index >= 15 is 0 Å². The van der Waals surface area contributed by atoms with Crippen molar-refractivity contribution in [2.24, 2.45) is 5.41 Å². The molecular formula is C12H12BrFO2. The Balaban J connectivity index is 2.23. The maximum atomic E-state index is 12.9. The minimum Gasteiger partial charge on any atom is -0.481 e. The Kier molecular flexibility index (Phi) is 3.02. The summed E-state index contributed by atoms with van der Waals surface area (Å²) in [6.07, 6.45) is 2.87. The van der Waals surface area contributed by atoms with Crippen LogP contribution < -0.4 is 0 Å². The molecular weight excluding hydrogens is 275 g/mol. The molecule has 0 aliphatic heterocycles. The van der Waals surface area contributed by atoms with E-state index in [1.54, 1.807) is 6.07 Å². The lowest BCUT2D eigenvalue weighted by atomic mass is 9.65. The Morgan fingerprint density at radius 2 is 2.19 bits per heavy atom. The van der Waals surface area contributed by atoms with Gasteiger partial charge in [0.1, 0.15) is 5.82 Å². The van der Waals surface area contributed by atoms with E-state index < -0.39 is 11.4 Å². The van der Waals surface area contributed by atoms with Crippen molar-refractivity contribution >= 4 is 21.9 Å². The zero-order valence-electron chi connectivity index (χ0n) is 8.67. The summed E-state index contributed by atoms with van der Waals surface area (Å²) >= 11 is 3.27. The van der Waals surface area contributed by atoms with Crippen molar-refractivity contribution in [3.05, 3.63) is 34.1 Å². The maximum Gasteiger partial charge on any atom is 0.309 e. The van der Waals surface area contributed by atoms with Crippen LogP contribution in [-0.4, -0.2) is 11.1 Å². The monoisotopic (exact) mass is 286 g/mol. The largest absolute Gasteiger partial charge is 0.481 e. The number of hydrogen-bond donors (Lipinski definition) is 1. The first-order valence-electron chi connectivity index (χ1n) is 5.21. The van der Waals surface area contributed by atoms with E-state index in [9.17, 15) is 14.3 Å². The molecule has 4 heteroatoms. The molecule has 2 rings (SSSR count). The van der Waals surface area contributed by atoms with Crippen LogP contribution in [-0.2, 0) is 11.2 Å². The van der Waals surface area contributed by atoms with E-state index in [1.807, 2.05) is 0 Å². The van der Waals surface area contributed by atoms with Gasteiger partial charge in [-0.1, -0.05) is 28.4 Å². The van der Waals surface area contributed by atoms with E-state index in [2.05, 4.69) is 15.9 Å². The summed E-state index contributed by atoms with van der Waals surface area (Å²) in [7, 11) is 0. The minimum absolute atomic E-state index is 0.311. The van der Waals surface area contributed by atoms with Gasteiger partial charge in [-0.25, -0.2) is 4.39 Å². The third kappa shape index (κ3) is 1.98. The van der Waals surface area contributed by atoms with Crippen LogP contribution in [0.15, 0.2) is 22.7 Å². The fourth-order valence-electron chi connectivity index (χ4n) is 2.10. The van der Waals surface area contributed by atoms with E-state index in [0.29, 0.717) is 23.7 Å². The zero-order chi connectivity index (χ0) is 11.8. The van der Waals surface area contributed by atoms with Crippen LogP contribution >= 0.6 is 15.9 Å². The predicted octanol–water partition coefficient (Wildman–Crippen LogP) is 3.39. The third-order valence-electron chi connectivity index (χ3n) is 3.31. The van der Waals surface area contributed by atoms with Crippen LogP contribution in [0.2, 0.25) is 0 Å². The molecule has 1 saturated carbocycles. The summed E-state index contributed by atoms with van der Waals surface area (Å²) in [5, 5.41) is 9.20. The topological polar surface area (TPSA) is 37.3 Å². The Labute approximate surface area is 102 Å². The Hall–Kier alpha value is -0.900. The number of carbonyl (C=O) groups is 1. The lowest BCUT2D eigenvalue weighted by molar-refractivity contribution is -0.154. The van der Waals surface area contributed by atoms with Gasteiger partial charge in [-0.3, -0.25) is 4.79 Å². The number of carboxylic acids is 1. The van der Waals surface area contributed by atoms with Gasteiger partial charge in [-0.2, -0.15) is 0 Å². The smallest absolute Gasteiger partial charge is 0.309 e. The number of aliphatic carboxylic acids is 1. The van der Waals surface area contributed by atoms with Gasteiger partial charge in [-0.15, -0.1) is 0 Å². The molecule has 1 aliphatic rings. The van der Waals surface area contributed by atoms with Crippen molar-refractivity contribution in [2.45, 2.75) is 25.7 Å². The van der Waals surface area contributed by atoms with Crippen LogP contribution in [0.5, 0.6) is 0 Å². The maximum absolute atomic E-state index is 12.9. The molecule has 1 fully saturated rings. The molecule has 1 N–H and O–H groups in total. The molecule has 1 aromatic carbocycles. The van der Waals surface area contributed by atoms with Crippen molar-refractivity contribution in [3.63, 3.8) is 0 Å². The molecule has 0 radical (unpaired) electrons. The highest BCUT2D eigenvalue weighted by molar-refractivity contribution is 9.10. The van der Waals surface area contributed by atoms with Crippen LogP contribution in [0.4, 0.5) is 4.39 Å². The number of halogens is 2. The highest BCUT2D eigenvalue weighted by Crippen LogP contribution is 2.44. The van der Waals surface area contributed by atoms with Gasteiger partial charge in [0.15, 0.2) is 0 Å². The lowest BCUT2D eigenvalue weighted by Crippen LogP contribution is -2.39. The summed E-state index contributed by atoms with van der Waals surface area (Å²) in [5.41, 5.74) is 0.240. The second kappa shape index (κ2) is 4.17. The van der Waals surface area contributed by atoms with E-state index in [1.165, 1.54) is 12.1 Å². The van der Waals surface area contributed by atoms with Crippen molar-refractivity contribution < 1.29 is 14.3 Å². The van der Waals surface area contributed by atoms with E-state index in [4.69, 9.17) is 0 Å². The SMILES string of the molecule is O=C(O)C1(Cc2ccc(F)cc2Br)CCC1. The number of carboxylic acid groups (broad SMARTS) is 1. The third-order valence-corrected chi connectivity index (χ3v) is 4.05. The lowest BCUT2D eigenvalue weighted by Gasteiger charge is -2.38. The molecule has 0 heterocycles. The van der Waals surface area contributed by atoms with Crippen molar-refractivity contribution in [3.8, 4) is 0 Å². The first-order chi connectivity index (χ1) is 7.53. The molecule has 0 bridgehead atoms. The minimum atomic E-state index is -0.741. The Bertz CT molecular complexity index is 427. The average molecular weight is 287 g/mol. The van der Waals surface area contributed by atoms with Crippen LogP contribution in [0, 0.1) is 11.2 Å². The normalized spacial score (nSPS) is 17.9. The second-order valence-electron chi connectivity index (χ2n) is 4.35. The zero-order valence-corrected chi connectivity index (χ0v) is 10.3. The molecule has 1 aromatic rings. The molecule has 16 heavy (non-hydrogen) atoms. The van der Waals surface area contributed by atoms with Crippen molar-refractivity contribution in [1.82, 2.24) is 0 Å². The standard InChI is InChI=1S/C12H12BrFO2/c13-10-6-9(14)3-2-8(10)7-12(11(15)16)4-1-5-12/h2-3,6H,1,4-5,7H2,(H,15,16). The number of hydrogen-bond acceptors (Lipinski definition) is 1. The quantitative estimate of drug-likeness (QED) is 0.925. The highest BCUT2D eigenvalue weighted by Gasteiger charge is 2.44. The van der Waals surface area contributed by atoms with Gasteiger partial charge in [0, 0.05) is 4.47 Å². The number of rotatable bonds is 3. The molecule has 2 nitrogen and oxygen atoms in total. The van der Waals surface area contributed by atoms with E-state index in [0.717, 1.165) is 12.0 Å². The molecule has 86 valence electrons. The van der Waals surface area contributed by atoms with Crippen LogP contribution in [0.1, 0.15) is 24.8 Å². The van der Waals surface area contributed by atoms with Crippen molar-refractivity contribution in [1.29, 1.82) is 0 Å². The van der Waals surface area contributed by atoms with Gasteiger partial charge >= 0.3 is 5.97 Å². The molecule has 0 unspecified atom stereocenters. The summed E-state index contributed by atoms with van der Waals surface area (Å²) in [6, 6.07) is 4.40. The fourth-order valence-corrected chi connectivity index (χ4v) is 2.59. The molecule has 0 amide bonds. The van der Waals surface area contributed by atoms with Gasteiger partial charge in [0.05, 0.1) is 5.41 Å². The fraction of sp³-hybridized carbons (Fsp3) is 0.417. The average Bonchev–Trinajstić information content (AvgIpc) is 2.13. The summed E-state index contributed by atoms with van der Waals surface area (Å²) in [6.45, 7) is 0. The van der Waals surface area contributed by atoms with Crippen LogP contribution in [0.3, 0.4) is 0 Å². The Morgan fingerprint density at radius 1 is 1.50 bits per heavy atom. The first-order valence-corrected chi connectivity index (χ1v) is 6.00. The molecule has 0 saturated heterocycles. The molecule has 0 aromatic heterocycles. The first kappa shape index (κ1) is 11.6. The summed E-state index contributed by atoms with van der Waals surface area (Å²) in [5.74, 6) is -1.05. The number of benzene rings is 1. The van der Waals surface area contributed by atoms with Gasteiger partial charge in [0.25, 0.3) is 0 Å². The van der Waals surface area contributed by atoms with Gasteiger partial charge in [-0.05, 0) is 37.0 Å². The predicted molar refractivity (Wildman–Crippen MR) is 61.7 cm³/mol. The summed E-state index contributed by atoms with van der Waals surface area (Å²) < 4.78 is 13.5. The highest BCUT2D eigenvalue weighted by atomic mass is 79.9. The molecule has 0 spiro atoms. The molecule has 1 aliphatic carbocycles. The van der Waals surface area contributed by atoms with Crippen molar-refractivity contribution in [2.75, 3.05) is 0 Å². The van der Waals surface area contributed by atoms with Crippen LogP contribution in [0.25, 0.3) is 0 Å². The summed E-state index contributed by atoms with van der Waals surface area (Å²) in [4.78, 5) is 11.2. The van der Waals surface area contributed by atoms with E-state index in [-0.39, 0.29) is 5.82 Å². The molecule has 0 atom stereocenters. The second-order valence-corrected chi connectivity index (χ2v) is 5.21. The van der Waals surface area contributed by atoms with Gasteiger partial charge in [0.2, 0.25) is 0 Å².